The monoisotopic (exact) mass is 236 g/mol. The minimum absolute atomic E-state index is 0. The Labute approximate surface area is 97.0 Å². The highest BCUT2D eigenvalue weighted by Gasteiger charge is 2.30. The molecule has 1 saturated carbocycles. The van der Waals surface area contributed by atoms with Crippen LogP contribution < -0.4 is 11.1 Å². The molecule has 1 aliphatic carbocycles. The summed E-state index contributed by atoms with van der Waals surface area (Å²) in [4.78, 5) is 11.4. The fraction of sp³-hybridized carbons (Fsp3) is 0.900. The maximum Gasteiger partial charge on any atom is 0.237 e. The number of hydrogen-bond acceptors (Lipinski definition) is 3. The number of nitrogens with one attached hydrogen (secondary N) is 1. The van der Waals surface area contributed by atoms with E-state index >= 15 is 0 Å². The molecule has 0 spiro atoms. The van der Waals surface area contributed by atoms with E-state index in [0.717, 1.165) is 12.8 Å². The van der Waals surface area contributed by atoms with Gasteiger partial charge in [-0.3, -0.25) is 4.79 Å². The van der Waals surface area contributed by atoms with Crippen LogP contribution in [0.2, 0.25) is 0 Å². The van der Waals surface area contributed by atoms with Gasteiger partial charge < -0.3 is 16.2 Å². The molecule has 1 amide bonds. The second kappa shape index (κ2) is 6.30. The molecule has 0 heterocycles. The van der Waals surface area contributed by atoms with Crippen LogP contribution in [0.25, 0.3) is 0 Å². The third kappa shape index (κ3) is 4.82. The van der Waals surface area contributed by atoms with Crippen molar-refractivity contribution in [3.05, 3.63) is 0 Å². The molecule has 0 aromatic carbocycles. The van der Waals surface area contributed by atoms with Crippen LogP contribution >= 0.6 is 12.4 Å². The van der Waals surface area contributed by atoms with Crippen LogP contribution in [-0.2, 0) is 4.79 Å². The topological polar surface area (TPSA) is 75.4 Å². The second-order valence-corrected chi connectivity index (χ2v) is 4.42. The van der Waals surface area contributed by atoms with Gasteiger partial charge in [0.15, 0.2) is 0 Å². The van der Waals surface area contributed by atoms with E-state index in [1.807, 2.05) is 13.8 Å². The van der Waals surface area contributed by atoms with Crippen LogP contribution in [0.4, 0.5) is 0 Å². The van der Waals surface area contributed by atoms with E-state index in [1.165, 1.54) is 0 Å². The number of nitrogens with two attached hydrogens (primary N) is 1. The highest BCUT2D eigenvalue weighted by Crippen LogP contribution is 2.32. The van der Waals surface area contributed by atoms with Gasteiger partial charge in [0.05, 0.1) is 12.1 Å². The zero-order chi connectivity index (χ0) is 10.7. The van der Waals surface area contributed by atoms with Crippen molar-refractivity contribution in [2.75, 3.05) is 6.54 Å². The number of carbonyl (C=O) groups excluding carboxylic acids is 1. The highest BCUT2D eigenvalue weighted by molar-refractivity contribution is 5.85. The SMILES string of the molecule is CC(C)[C@H](N)C(=O)NCC(O)C1CC1.Cl. The number of amides is 1. The Kier molecular flexibility index (Phi) is 6.17. The van der Waals surface area contributed by atoms with Gasteiger partial charge in [-0.25, -0.2) is 0 Å². The van der Waals surface area contributed by atoms with Crippen molar-refractivity contribution in [3.63, 3.8) is 0 Å². The number of hydrogen-bond donors (Lipinski definition) is 3. The fourth-order valence-electron chi connectivity index (χ4n) is 1.27. The second-order valence-electron chi connectivity index (χ2n) is 4.42. The highest BCUT2D eigenvalue weighted by atomic mass is 35.5. The Bertz CT molecular complexity index is 208. The van der Waals surface area contributed by atoms with Gasteiger partial charge in [0.2, 0.25) is 5.91 Å². The first-order chi connectivity index (χ1) is 6.52. The van der Waals surface area contributed by atoms with E-state index in [4.69, 9.17) is 5.73 Å². The summed E-state index contributed by atoms with van der Waals surface area (Å²) >= 11 is 0. The molecule has 0 radical (unpaired) electrons. The predicted molar refractivity (Wildman–Crippen MR) is 61.8 cm³/mol. The Hall–Kier alpha value is -0.320. The summed E-state index contributed by atoms with van der Waals surface area (Å²) in [6, 6.07) is -0.471. The third-order valence-corrected chi connectivity index (χ3v) is 2.67. The number of halogens is 1. The first kappa shape index (κ1) is 14.7. The normalized spacial score (nSPS) is 19.3. The van der Waals surface area contributed by atoms with Crippen LogP contribution in [0.1, 0.15) is 26.7 Å². The van der Waals surface area contributed by atoms with Gasteiger partial charge in [-0.2, -0.15) is 0 Å². The zero-order valence-corrected chi connectivity index (χ0v) is 10.1. The average Bonchev–Trinajstić information content (AvgIpc) is 2.95. The van der Waals surface area contributed by atoms with E-state index in [1.54, 1.807) is 0 Å². The molecule has 1 unspecified atom stereocenters. The van der Waals surface area contributed by atoms with Crippen molar-refractivity contribution in [1.29, 1.82) is 0 Å². The van der Waals surface area contributed by atoms with Crippen molar-refractivity contribution in [2.24, 2.45) is 17.6 Å². The van der Waals surface area contributed by atoms with Gasteiger partial charge in [-0.15, -0.1) is 12.4 Å². The Morgan fingerprint density at radius 1 is 1.53 bits per heavy atom. The van der Waals surface area contributed by atoms with E-state index < -0.39 is 12.1 Å². The lowest BCUT2D eigenvalue weighted by atomic mass is 10.0. The summed E-state index contributed by atoms with van der Waals surface area (Å²) in [6.07, 6.45) is 1.76. The molecule has 1 aliphatic rings. The lowest BCUT2D eigenvalue weighted by Crippen LogP contribution is -2.46. The molecular weight excluding hydrogens is 216 g/mol. The molecule has 4 nitrogen and oxygen atoms in total. The minimum Gasteiger partial charge on any atom is -0.391 e. The van der Waals surface area contributed by atoms with Gasteiger partial charge in [-0.05, 0) is 24.7 Å². The molecule has 0 aromatic rings. The molecule has 0 saturated heterocycles. The van der Waals surface area contributed by atoms with Gasteiger partial charge in [0.25, 0.3) is 0 Å². The van der Waals surface area contributed by atoms with Crippen LogP contribution in [0.5, 0.6) is 0 Å². The lowest BCUT2D eigenvalue weighted by Gasteiger charge is -2.17. The van der Waals surface area contributed by atoms with Gasteiger partial charge in [-0.1, -0.05) is 13.8 Å². The zero-order valence-electron chi connectivity index (χ0n) is 9.27. The quantitative estimate of drug-likeness (QED) is 0.642. The van der Waals surface area contributed by atoms with Crippen molar-refractivity contribution in [1.82, 2.24) is 5.32 Å². The molecule has 4 N–H and O–H groups in total. The fourth-order valence-corrected chi connectivity index (χ4v) is 1.27. The van der Waals surface area contributed by atoms with E-state index in [0.29, 0.717) is 12.5 Å². The molecule has 90 valence electrons. The van der Waals surface area contributed by atoms with E-state index in [2.05, 4.69) is 5.32 Å². The standard InChI is InChI=1S/C10H20N2O2.ClH/c1-6(2)9(11)10(14)12-5-8(13)7-3-4-7;/h6-9,13H,3-5,11H2,1-2H3,(H,12,14);1H/t8?,9-;/m0./s1. The van der Waals surface area contributed by atoms with Crippen LogP contribution in [-0.4, -0.2) is 29.7 Å². The molecule has 0 aromatic heterocycles. The third-order valence-electron chi connectivity index (χ3n) is 2.67. The predicted octanol–water partition coefficient (Wildman–Crippen LogP) is 0.279. The first-order valence-electron chi connectivity index (χ1n) is 5.23. The number of rotatable bonds is 5. The Balaban J connectivity index is 0.00000196. The van der Waals surface area contributed by atoms with Crippen molar-refractivity contribution in [3.8, 4) is 0 Å². The summed E-state index contributed by atoms with van der Waals surface area (Å²) in [5.41, 5.74) is 5.64. The van der Waals surface area contributed by atoms with Crippen LogP contribution in [0.3, 0.4) is 0 Å². The molecule has 2 atom stereocenters. The molecule has 0 aliphatic heterocycles. The summed E-state index contributed by atoms with van der Waals surface area (Å²) in [5.74, 6) is 0.360. The Morgan fingerprint density at radius 3 is 2.47 bits per heavy atom. The molecular formula is C10H21ClN2O2. The van der Waals surface area contributed by atoms with Crippen molar-refractivity contribution in [2.45, 2.75) is 38.8 Å². The van der Waals surface area contributed by atoms with Crippen LogP contribution in [0.15, 0.2) is 0 Å². The average molecular weight is 237 g/mol. The summed E-state index contributed by atoms with van der Waals surface area (Å²) in [6.45, 7) is 4.15. The maximum atomic E-state index is 11.4. The molecule has 5 heteroatoms. The number of aliphatic hydroxyl groups excluding tert-OH is 1. The molecule has 1 fully saturated rings. The first-order valence-corrected chi connectivity index (χ1v) is 5.23. The summed E-state index contributed by atoms with van der Waals surface area (Å²) < 4.78 is 0. The minimum atomic E-state index is -0.471. The van der Waals surface area contributed by atoms with E-state index in [-0.39, 0.29) is 24.2 Å². The van der Waals surface area contributed by atoms with Gasteiger partial charge >= 0.3 is 0 Å². The largest absolute Gasteiger partial charge is 0.391 e. The Morgan fingerprint density at radius 2 is 2.07 bits per heavy atom. The lowest BCUT2D eigenvalue weighted by molar-refractivity contribution is -0.123. The maximum absolute atomic E-state index is 11.4. The molecule has 0 bridgehead atoms. The van der Waals surface area contributed by atoms with Gasteiger partial charge in [0, 0.05) is 6.54 Å². The summed E-state index contributed by atoms with van der Waals surface area (Å²) in [5, 5.41) is 12.2. The number of carbonyl (C=O) groups is 1. The van der Waals surface area contributed by atoms with E-state index in [9.17, 15) is 9.90 Å². The smallest absolute Gasteiger partial charge is 0.237 e. The molecule has 1 rings (SSSR count). The number of aliphatic hydroxyl groups is 1. The van der Waals surface area contributed by atoms with Crippen molar-refractivity contribution >= 4 is 18.3 Å². The molecule has 15 heavy (non-hydrogen) atoms. The summed E-state index contributed by atoms with van der Waals surface area (Å²) in [7, 11) is 0. The van der Waals surface area contributed by atoms with Crippen molar-refractivity contribution < 1.29 is 9.90 Å². The van der Waals surface area contributed by atoms with Crippen LogP contribution in [0, 0.1) is 11.8 Å². The van der Waals surface area contributed by atoms with Gasteiger partial charge in [0.1, 0.15) is 0 Å².